The van der Waals surface area contributed by atoms with Gasteiger partial charge in [0.05, 0.1) is 17.5 Å². The molecular formula is C23H32N4O3S. The van der Waals surface area contributed by atoms with E-state index < -0.39 is 12.1 Å². The van der Waals surface area contributed by atoms with E-state index in [4.69, 9.17) is 0 Å². The molecule has 31 heavy (non-hydrogen) atoms. The summed E-state index contributed by atoms with van der Waals surface area (Å²) in [5.74, 6) is 0.390. The molecule has 1 aliphatic carbocycles. The van der Waals surface area contributed by atoms with Gasteiger partial charge in [-0.25, -0.2) is 0 Å². The largest absolute Gasteiger partial charge is 0.347 e. The van der Waals surface area contributed by atoms with E-state index >= 15 is 0 Å². The zero-order valence-corrected chi connectivity index (χ0v) is 19.0. The predicted octanol–water partition coefficient (Wildman–Crippen LogP) is 1.73. The van der Waals surface area contributed by atoms with Crippen LogP contribution in [0.1, 0.15) is 56.2 Å². The quantitative estimate of drug-likeness (QED) is 0.644. The summed E-state index contributed by atoms with van der Waals surface area (Å²) in [7, 11) is 1.72. The molecule has 2 aliphatic heterocycles. The average molecular weight is 445 g/mol. The molecule has 2 fully saturated rings. The van der Waals surface area contributed by atoms with E-state index in [2.05, 4.69) is 28.1 Å². The Bertz CT molecular complexity index is 848. The Morgan fingerprint density at radius 2 is 1.90 bits per heavy atom. The minimum atomic E-state index is -0.579. The van der Waals surface area contributed by atoms with Gasteiger partial charge in [0.2, 0.25) is 17.7 Å². The van der Waals surface area contributed by atoms with Gasteiger partial charge in [0.15, 0.2) is 0 Å². The number of amides is 3. The zero-order chi connectivity index (χ0) is 22.0. The first-order valence-corrected chi connectivity index (χ1v) is 12.3. The summed E-state index contributed by atoms with van der Waals surface area (Å²) in [5, 5.41) is 9.03. The van der Waals surface area contributed by atoms with Crippen molar-refractivity contribution in [3.63, 3.8) is 0 Å². The highest BCUT2D eigenvalue weighted by molar-refractivity contribution is 7.99. The Morgan fingerprint density at radius 1 is 1.10 bits per heavy atom. The highest BCUT2D eigenvalue weighted by Gasteiger charge is 2.45. The van der Waals surface area contributed by atoms with Gasteiger partial charge < -0.3 is 20.9 Å². The molecule has 2 heterocycles. The van der Waals surface area contributed by atoms with Crippen LogP contribution in [-0.4, -0.2) is 58.9 Å². The van der Waals surface area contributed by atoms with E-state index in [0.29, 0.717) is 12.8 Å². The average Bonchev–Trinajstić information content (AvgIpc) is 3.15. The molecule has 2 saturated heterocycles. The Morgan fingerprint density at radius 3 is 2.71 bits per heavy atom. The topological polar surface area (TPSA) is 90.5 Å². The fraction of sp³-hybridized carbons (Fsp3) is 0.609. The summed E-state index contributed by atoms with van der Waals surface area (Å²) in [6, 6.07) is 6.86. The molecule has 4 rings (SSSR count). The van der Waals surface area contributed by atoms with Crippen molar-refractivity contribution in [2.45, 2.75) is 75.0 Å². The van der Waals surface area contributed by atoms with Crippen LogP contribution in [0.3, 0.4) is 0 Å². The van der Waals surface area contributed by atoms with Crippen LogP contribution >= 0.6 is 11.8 Å². The third kappa shape index (κ3) is 4.60. The van der Waals surface area contributed by atoms with E-state index in [9.17, 15) is 14.4 Å². The smallest absolute Gasteiger partial charge is 0.246 e. The summed E-state index contributed by atoms with van der Waals surface area (Å²) in [6.07, 6.45) is 5.07. The number of carbonyl (C=O) groups excluding carboxylic acids is 3. The SMILES string of the molecule is CNC(C)C(=O)N[C@H]1CCS[C@H]2CC[C@H](C(=O)N[C@@H]3CCCc4ccccc43)N2C1=O. The maximum atomic E-state index is 13.4. The Hall–Kier alpha value is -2.06. The highest BCUT2D eigenvalue weighted by Crippen LogP contribution is 2.37. The molecule has 1 aromatic carbocycles. The summed E-state index contributed by atoms with van der Waals surface area (Å²) in [6.45, 7) is 1.77. The van der Waals surface area contributed by atoms with Crippen LogP contribution in [0.4, 0.5) is 0 Å². The minimum Gasteiger partial charge on any atom is -0.347 e. The molecule has 0 saturated carbocycles. The van der Waals surface area contributed by atoms with Gasteiger partial charge in [-0.15, -0.1) is 11.8 Å². The Labute approximate surface area is 188 Å². The third-order valence-corrected chi connectivity index (χ3v) is 8.05. The van der Waals surface area contributed by atoms with Crippen LogP contribution in [0.2, 0.25) is 0 Å². The second-order valence-electron chi connectivity index (χ2n) is 8.68. The first kappa shape index (κ1) is 22.1. The van der Waals surface area contributed by atoms with Gasteiger partial charge in [0.1, 0.15) is 12.1 Å². The number of fused-ring (bicyclic) bond motifs is 2. The van der Waals surface area contributed by atoms with Gasteiger partial charge in [0, 0.05) is 0 Å². The lowest BCUT2D eigenvalue weighted by Gasteiger charge is -2.32. The molecule has 7 nitrogen and oxygen atoms in total. The third-order valence-electron chi connectivity index (χ3n) is 6.73. The standard InChI is InChI=1S/C23H32N4O3S/c1-14(24-2)21(28)26-18-12-13-31-20-11-10-19(27(20)23(18)30)22(29)25-17-9-5-7-15-6-3-4-8-16(15)17/h3-4,6,8,14,17-20,24H,5,7,9-13H2,1-2H3,(H,25,29)(H,26,28)/t14?,17-,18+,19-,20+/m1/s1. The summed E-state index contributed by atoms with van der Waals surface area (Å²) in [5.41, 5.74) is 2.49. The van der Waals surface area contributed by atoms with Crippen LogP contribution < -0.4 is 16.0 Å². The molecule has 3 amide bonds. The van der Waals surface area contributed by atoms with Gasteiger partial charge in [-0.2, -0.15) is 0 Å². The van der Waals surface area contributed by atoms with E-state index in [-0.39, 0.29) is 35.2 Å². The summed E-state index contributed by atoms with van der Waals surface area (Å²) >= 11 is 1.72. The van der Waals surface area contributed by atoms with Crippen molar-refractivity contribution in [3.05, 3.63) is 35.4 Å². The van der Waals surface area contributed by atoms with Crippen LogP contribution in [0.25, 0.3) is 0 Å². The number of rotatable bonds is 5. The first-order valence-electron chi connectivity index (χ1n) is 11.3. The zero-order valence-electron chi connectivity index (χ0n) is 18.2. The maximum Gasteiger partial charge on any atom is 0.246 e. The van der Waals surface area contributed by atoms with Crippen LogP contribution in [0.5, 0.6) is 0 Å². The second-order valence-corrected chi connectivity index (χ2v) is 9.96. The van der Waals surface area contributed by atoms with Gasteiger partial charge in [-0.3, -0.25) is 14.4 Å². The number of carbonyl (C=O) groups is 3. The predicted molar refractivity (Wildman–Crippen MR) is 121 cm³/mol. The minimum absolute atomic E-state index is 0.00166. The molecule has 5 atom stereocenters. The van der Waals surface area contributed by atoms with Crippen molar-refractivity contribution in [2.75, 3.05) is 12.8 Å². The van der Waals surface area contributed by atoms with E-state index in [1.54, 1.807) is 30.6 Å². The number of nitrogens with one attached hydrogen (secondary N) is 3. The van der Waals surface area contributed by atoms with Gasteiger partial charge >= 0.3 is 0 Å². The molecule has 1 aromatic rings. The van der Waals surface area contributed by atoms with Crippen molar-refractivity contribution < 1.29 is 14.4 Å². The number of likely N-dealkylation sites (N-methyl/N-ethyl adjacent to an activating group) is 1. The monoisotopic (exact) mass is 444 g/mol. The van der Waals surface area contributed by atoms with Crippen molar-refractivity contribution in [1.29, 1.82) is 0 Å². The molecule has 0 aromatic heterocycles. The molecule has 0 bridgehead atoms. The number of aryl methyl sites for hydroxylation is 1. The number of hydrogen-bond acceptors (Lipinski definition) is 5. The Kier molecular flexibility index (Phi) is 6.86. The van der Waals surface area contributed by atoms with Gasteiger partial charge in [-0.05, 0) is 69.4 Å². The summed E-state index contributed by atoms with van der Waals surface area (Å²) < 4.78 is 0. The van der Waals surface area contributed by atoms with E-state index in [1.807, 2.05) is 12.1 Å². The molecule has 0 spiro atoms. The molecule has 0 radical (unpaired) electrons. The van der Waals surface area contributed by atoms with Gasteiger partial charge in [-0.1, -0.05) is 24.3 Å². The van der Waals surface area contributed by atoms with Crippen LogP contribution in [0.15, 0.2) is 24.3 Å². The molecule has 3 aliphatic rings. The molecule has 168 valence electrons. The highest BCUT2D eigenvalue weighted by atomic mass is 32.2. The maximum absolute atomic E-state index is 13.4. The molecule has 3 N–H and O–H groups in total. The van der Waals surface area contributed by atoms with Crippen molar-refractivity contribution >= 4 is 29.5 Å². The van der Waals surface area contributed by atoms with Crippen LogP contribution in [-0.2, 0) is 20.8 Å². The van der Waals surface area contributed by atoms with Crippen molar-refractivity contribution in [2.24, 2.45) is 0 Å². The number of thioether (sulfide) groups is 1. The van der Waals surface area contributed by atoms with E-state index in [1.165, 1.54) is 11.1 Å². The lowest BCUT2D eigenvalue weighted by molar-refractivity contribution is -0.142. The fourth-order valence-electron chi connectivity index (χ4n) is 4.85. The molecular weight excluding hydrogens is 412 g/mol. The normalized spacial score (nSPS) is 28.8. The van der Waals surface area contributed by atoms with Crippen molar-refractivity contribution in [3.8, 4) is 0 Å². The van der Waals surface area contributed by atoms with Crippen molar-refractivity contribution in [1.82, 2.24) is 20.9 Å². The number of nitrogens with zero attached hydrogens (tertiary/aromatic N) is 1. The molecule has 1 unspecified atom stereocenters. The fourth-order valence-corrected chi connectivity index (χ4v) is 6.21. The van der Waals surface area contributed by atoms with Gasteiger partial charge in [0.25, 0.3) is 0 Å². The Balaban J connectivity index is 1.47. The number of benzene rings is 1. The summed E-state index contributed by atoms with van der Waals surface area (Å²) in [4.78, 5) is 40.8. The number of hydrogen-bond donors (Lipinski definition) is 3. The second kappa shape index (κ2) is 9.61. The lowest BCUT2D eigenvalue weighted by Crippen LogP contribution is -2.56. The molecule has 8 heteroatoms. The lowest BCUT2D eigenvalue weighted by atomic mass is 9.87. The first-order chi connectivity index (χ1) is 15.0. The van der Waals surface area contributed by atoms with Crippen LogP contribution in [0, 0.1) is 0 Å². The van der Waals surface area contributed by atoms with E-state index in [0.717, 1.165) is 31.4 Å².